The number of halogens is 1. The van der Waals surface area contributed by atoms with Crippen molar-refractivity contribution in [3.63, 3.8) is 0 Å². The van der Waals surface area contributed by atoms with Gasteiger partial charge in [-0.3, -0.25) is 4.79 Å². The first kappa shape index (κ1) is 12.3. The molecule has 0 atom stereocenters. The van der Waals surface area contributed by atoms with Crippen LogP contribution in [0.15, 0.2) is 29.6 Å². The molecular weight excluding hydrogens is 254 g/mol. The lowest BCUT2D eigenvalue weighted by molar-refractivity contribution is 0.101. The Morgan fingerprint density at radius 1 is 1.35 bits per heavy atom. The lowest BCUT2D eigenvalue weighted by atomic mass is 10.1. The minimum Gasteiger partial charge on any atom is -0.291 e. The standard InChI is InChI=1S/C13H12ClNOS/c1-2-9-3-5-10(6-4-9)13-15-11(8-17-13)12(16)7-14/h3-6,8H,2,7H2,1H3. The zero-order chi connectivity index (χ0) is 12.3. The van der Waals surface area contributed by atoms with Crippen LogP contribution in [0.1, 0.15) is 23.0 Å². The van der Waals surface area contributed by atoms with Gasteiger partial charge >= 0.3 is 0 Å². The maximum absolute atomic E-state index is 11.4. The quantitative estimate of drug-likeness (QED) is 0.622. The molecule has 4 heteroatoms. The van der Waals surface area contributed by atoms with E-state index in [-0.39, 0.29) is 11.7 Å². The van der Waals surface area contributed by atoms with Gasteiger partial charge in [0.15, 0.2) is 5.78 Å². The second-order valence-corrected chi connectivity index (χ2v) is 4.77. The molecule has 0 aliphatic rings. The summed E-state index contributed by atoms with van der Waals surface area (Å²) in [5, 5.41) is 2.62. The topological polar surface area (TPSA) is 30.0 Å². The van der Waals surface area contributed by atoms with E-state index in [1.807, 2.05) is 12.1 Å². The van der Waals surface area contributed by atoms with Crippen molar-refractivity contribution >= 4 is 28.7 Å². The molecule has 0 aliphatic carbocycles. The molecule has 1 aromatic carbocycles. The number of benzene rings is 1. The van der Waals surface area contributed by atoms with Gasteiger partial charge in [-0.25, -0.2) is 4.98 Å². The van der Waals surface area contributed by atoms with Gasteiger partial charge in [0.1, 0.15) is 10.7 Å². The van der Waals surface area contributed by atoms with Gasteiger partial charge in [0, 0.05) is 10.9 Å². The Hall–Kier alpha value is -1.19. The Labute approximate surface area is 109 Å². The number of Topliss-reactive ketones (excluding diaryl/α,β-unsaturated/α-hetero) is 1. The molecule has 0 radical (unpaired) electrons. The number of nitrogens with zero attached hydrogens (tertiary/aromatic N) is 1. The summed E-state index contributed by atoms with van der Waals surface area (Å²) in [4.78, 5) is 15.7. The van der Waals surface area contributed by atoms with Crippen LogP contribution in [0.2, 0.25) is 0 Å². The molecule has 1 heterocycles. The lowest BCUT2D eigenvalue weighted by Crippen LogP contribution is -1.99. The van der Waals surface area contributed by atoms with Crippen molar-refractivity contribution in [2.75, 3.05) is 5.88 Å². The van der Waals surface area contributed by atoms with Crippen LogP contribution in [0.25, 0.3) is 10.6 Å². The molecule has 2 nitrogen and oxygen atoms in total. The van der Waals surface area contributed by atoms with Crippen molar-refractivity contribution in [3.8, 4) is 10.6 Å². The fourth-order valence-electron chi connectivity index (χ4n) is 1.49. The van der Waals surface area contributed by atoms with Gasteiger partial charge in [-0.2, -0.15) is 0 Å². The van der Waals surface area contributed by atoms with E-state index >= 15 is 0 Å². The van der Waals surface area contributed by atoms with Crippen molar-refractivity contribution in [2.45, 2.75) is 13.3 Å². The monoisotopic (exact) mass is 265 g/mol. The van der Waals surface area contributed by atoms with Crippen molar-refractivity contribution in [2.24, 2.45) is 0 Å². The lowest BCUT2D eigenvalue weighted by Gasteiger charge is -1.98. The van der Waals surface area contributed by atoms with Crippen LogP contribution < -0.4 is 0 Å². The van der Waals surface area contributed by atoms with Crippen LogP contribution in [0, 0.1) is 0 Å². The van der Waals surface area contributed by atoms with E-state index in [0.717, 1.165) is 17.0 Å². The van der Waals surface area contributed by atoms with Gasteiger partial charge in [0.05, 0.1) is 5.88 Å². The summed E-state index contributed by atoms with van der Waals surface area (Å²) in [7, 11) is 0. The maximum Gasteiger partial charge on any atom is 0.196 e. The number of carbonyl (C=O) groups excluding carboxylic acids is 1. The number of aryl methyl sites for hydroxylation is 1. The number of carbonyl (C=O) groups is 1. The molecule has 0 unspecified atom stereocenters. The Morgan fingerprint density at radius 2 is 2.06 bits per heavy atom. The SMILES string of the molecule is CCc1ccc(-c2nc(C(=O)CCl)cs2)cc1. The molecule has 0 N–H and O–H groups in total. The minimum atomic E-state index is -0.126. The van der Waals surface area contributed by atoms with E-state index in [9.17, 15) is 4.79 Å². The van der Waals surface area contributed by atoms with Crippen LogP contribution in [-0.4, -0.2) is 16.6 Å². The second-order valence-electron chi connectivity index (χ2n) is 3.65. The molecule has 2 aromatic rings. The van der Waals surface area contributed by atoms with Crippen LogP contribution in [0.5, 0.6) is 0 Å². The van der Waals surface area contributed by atoms with Crippen molar-refractivity contribution < 1.29 is 4.79 Å². The molecule has 1 aromatic heterocycles. The van der Waals surface area contributed by atoms with Crippen molar-refractivity contribution in [1.82, 2.24) is 4.98 Å². The molecule has 88 valence electrons. The van der Waals surface area contributed by atoms with Crippen molar-refractivity contribution in [3.05, 3.63) is 40.9 Å². The number of rotatable bonds is 4. The predicted molar refractivity (Wildman–Crippen MR) is 72.0 cm³/mol. The third-order valence-corrected chi connectivity index (χ3v) is 3.65. The molecule has 0 saturated carbocycles. The molecule has 2 rings (SSSR count). The zero-order valence-corrected chi connectivity index (χ0v) is 11.0. The Kier molecular flexibility index (Phi) is 3.92. The van der Waals surface area contributed by atoms with Gasteiger partial charge in [-0.1, -0.05) is 31.2 Å². The molecule has 0 aliphatic heterocycles. The van der Waals surface area contributed by atoms with Gasteiger partial charge in [0.2, 0.25) is 0 Å². The Bertz CT molecular complexity index is 518. The average molecular weight is 266 g/mol. The normalized spacial score (nSPS) is 10.5. The summed E-state index contributed by atoms with van der Waals surface area (Å²) in [5.74, 6) is -0.142. The van der Waals surface area contributed by atoms with E-state index in [4.69, 9.17) is 11.6 Å². The van der Waals surface area contributed by atoms with E-state index in [1.54, 1.807) is 5.38 Å². The second kappa shape index (κ2) is 5.43. The minimum absolute atomic E-state index is 0.0159. The molecule has 0 spiro atoms. The zero-order valence-electron chi connectivity index (χ0n) is 9.44. The summed E-state index contributed by atoms with van der Waals surface area (Å²) >= 11 is 6.97. The third-order valence-electron chi connectivity index (χ3n) is 2.52. The highest BCUT2D eigenvalue weighted by molar-refractivity contribution is 7.13. The molecule has 0 bridgehead atoms. The van der Waals surface area contributed by atoms with Crippen LogP contribution in [0.3, 0.4) is 0 Å². The van der Waals surface area contributed by atoms with Gasteiger partial charge < -0.3 is 0 Å². The van der Waals surface area contributed by atoms with E-state index in [0.29, 0.717) is 5.69 Å². The highest BCUT2D eigenvalue weighted by atomic mass is 35.5. The summed E-state index contributed by atoms with van der Waals surface area (Å²) in [6, 6.07) is 8.23. The van der Waals surface area contributed by atoms with Gasteiger partial charge in [-0.05, 0) is 12.0 Å². The highest BCUT2D eigenvalue weighted by Crippen LogP contribution is 2.24. The predicted octanol–water partition coefficient (Wildman–Crippen LogP) is 3.79. The van der Waals surface area contributed by atoms with Crippen LogP contribution >= 0.6 is 22.9 Å². The first-order valence-electron chi connectivity index (χ1n) is 5.38. The van der Waals surface area contributed by atoms with E-state index in [2.05, 4.69) is 24.0 Å². The summed E-state index contributed by atoms with van der Waals surface area (Å²) in [6.45, 7) is 2.12. The summed E-state index contributed by atoms with van der Waals surface area (Å²) < 4.78 is 0. The number of alkyl halides is 1. The molecular formula is C13H12ClNOS. The molecule has 17 heavy (non-hydrogen) atoms. The molecule has 0 amide bonds. The fourth-order valence-corrected chi connectivity index (χ4v) is 2.45. The first-order valence-corrected chi connectivity index (χ1v) is 6.80. The highest BCUT2D eigenvalue weighted by Gasteiger charge is 2.10. The average Bonchev–Trinajstić information content (AvgIpc) is 2.87. The maximum atomic E-state index is 11.4. The Morgan fingerprint density at radius 3 is 2.65 bits per heavy atom. The fraction of sp³-hybridized carbons (Fsp3) is 0.231. The number of aromatic nitrogens is 1. The van der Waals surface area contributed by atoms with Crippen LogP contribution in [-0.2, 0) is 6.42 Å². The third kappa shape index (κ3) is 2.73. The van der Waals surface area contributed by atoms with Gasteiger partial charge in [0.25, 0.3) is 0 Å². The number of thiazole rings is 1. The Balaban J connectivity index is 2.27. The molecule has 0 fully saturated rings. The van der Waals surface area contributed by atoms with E-state index in [1.165, 1.54) is 16.9 Å². The van der Waals surface area contributed by atoms with Crippen LogP contribution in [0.4, 0.5) is 0 Å². The number of ketones is 1. The van der Waals surface area contributed by atoms with Gasteiger partial charge in [-0.15, -0.1) is 22.9 Å². The van der Waals surface area contributed by atoms with E-state index < -0.39 is 0 Å². The number of hydrogen-bond acceptors (Lipinski definition) is 3. The largest absolute Gasteiger partial charge is 0.291 e. The molecule has 0 saturated heterocycles. The number of hydrogen-bond donors (Lipinski definition) is 0. The smallest absolute Gasteiger partial charge is 0.196 e. The first-order chi connectivity index (χ1) is 8.24. The summed E-state index contributed by atoms with van der Waals surface area (Å²) in [5.41, 5.74) is 2.79. The summed E-state index contributed by atoms with van der Waals surface area (Å²) in [6.07, 6.45) is 1.02. The van der Waals surface area contributed by atoms with Crippen molar-refractivity contribution in [1.29, 1.82) is 0 Å².